The van der Waals surface area contributed by atoms with E-state index in [-0.39, 0.29) is 24.3 Å². The van der Waals surface area contributed by atoms with Crippen LogP contribution in [0.4, 0.5) is 0 Å². The van der Waals surface area contributed by atoms with Crippen LogP contribution in [-0.4, -0.2) is 52.2 Å². The van der Waals surface area contributed by atoms with Crippen LogP contribution in [0.2, 0.25) is 0 Å². The predicted molar refractivity (Wildman–Crippen MR) is 81.8 cm³/mol. The number of hydrogen-bond donors (Lipinski definition) is 0. The molecule has 8 nitrogen and oxygen atoms in total. The second kappa shape index (κ2) is 6.73. The highest BCUT2D eigenvalue weighted by Gasteiger charge is 2.32. The van der Waals surface area contributed by atoms with E-state index in [1.54, 1.807) is 0 Å². The molecule has 2 aromatic rings. The smallest absolute Gasteiger partial charge is 0.303 e. The third kappa shape index (κ3) is 3.74. The molecule has 0 saturated carbocycles. The SMILES string of the molecule is Cn1nnc(S(=O)(=O)N(Cc2ccccc2)CC2CCCO2)n1. The third-order valence-corrected chi connectivity index (χ3v) is 5.28. The summed E-state index contributed by atoms with van der Waals surface area (Å²) in [6, 6.07) is 9.44. The number of tetrazole rings is 1. The van der Waals surface area contributed by atoms with Gasteiger partial charge in [0.15, 0.2) is 0 Å². The van der Waals surface area contributed by atoms with E-state index >= 15 is 0 Å². The molecular formula is C14H19N5O3S. The molecule has 0 aliphatic carbocycles. The van der Waals surface area contributed by atoms with Crippen LogP contribution < -0.4 is 0 Å². The number of ether oxygens (including phenoxy) is 1. The van der Waals surface area contributed by atoms with Gasteiger partial charge >= 0.3 is 5.16 Å². The quantitative estimate of drug-likeness (QED) is 0.766. The summed E-state index contributed by atoms with van der Waals surface area (Å²) < 4.78 is 32.6. The van der Waals surface area contributed by atoms with Gasteiger partial charge in [0.2, 0.25) is 0 Å². The molecule has 1 unspecified atom stereocenters. The Balaban J connectivity index is 1.87. The maximum Gasteiger partial charge on any atom is 0.303 e. The number of nitrogens with zero attached hydrogens (tertiary/aromatic N) is 5. The van der Waals surface area contributed by atoms with Gasteiger partial charge in [-0.2, -0.15) is 9.10 Å². The van der Waals surface area contributed by atoms with Gasteiger partial charge in [0.1, 0.15) is 0 Å². The monoisotopic (exact) mass is 337 g/mol. The zero-order valence-electron chi connectivity index (χ0n) is 12.9. The number of aryl methyl sites for hydroxylation is 1. The second-order valence-electron chi connectivity index (χ2n) is 5.48. The first-order valence-electron chi connectivity index (χ1n) is 7.45. The molecule has 1 aliphatic heterocycles. The van der Waals surface area contributed by atoms with Gasteiger partial charge in [-0.25, -0.2) is 8.42 Å². The van der Waals surface area contributed by atoms with Gasteiger partial charge < -0.3 is 4.74 Å². The predicted octanol–water partition coefficient (Wildman–Crippen LogP) is 0.580. The Bertz CT molecular complexity index is 741. The van der Waals surface area contributed by atoms with E-state index in [9.17, 15) is 8.42 Å². The van der Waals surface area contributed by atoms with Gasteiger partial charge in [-0.15, -0.1) is 5.10 Å². The molecule has 124 valence electrons. The van der Waals surface area contributed by atoms with Crippen molar-refractivity contribution in [3.8, 4) is 0 Å². The lowest BCUT2D eigenvalue weighted by Gasteiger charge is -2.23. The molecule has 9 heteroatoms. The zero-order valence-corrected chi connectivity index (χ0v) is 13.7. The molecule has 23 heavy (non-hydrogen) atoms. The summed E-state index contributed by atoms with van der Waals surface area (Å²) in [7, 11) is -2.28. The van der Waals surface area contributed by atoms with Crippen LogP contribution >= 0.6 is 0 Å². The number of sulfonamides is 1. The number of aromatic nitrogens is 4. The van der Waals surface area contributed by atoms with Crippen molar-refractivity contribution in [1.29, 1.82) is 0 Å². The minimum absolute atomic E-state index is 0.0924. The van der Waals surface area contributed by atoms with Crippen molar-refractivity contribution in [1.82, 2.24) is 24.5 Å². The lowest BCUT2D eigenvalue weighted by atomic mass is 10.2. The molecule has 0 amide bonds. The molecule has 1 saturated heterocycles. The van der Waals surface area contributed by atoms with E-state index in [1.165, 1.54) is 11.4 Å². The lowest BCUT2D eigenvalue weighted by Crippen LogP contribution is -2.37. The highest BCUT2D eigenvalue weighted by Crippen LogP contribution is 2.20. The van der Waals surface area contributed by atoms with Gasteiger partial charge in [0.05, 0.1) is 13.2 Å². The van der Waals surface area contributed by atoms with Crippen molar-refractivity contribution in [3.63, 3.8) is 0 Å². The lowest BCUT2D eigenvalue weighted by molar-refractivity contribution is 0.0924. The van der Waals surface area contributed by atoms with Gasteiger partial charge in [0, 0.05) is 19.7 Å². The van der Waals surface area contributed by atoms with Gasteiger partial charge in [-0.3, -0.25) is 0 Å². The standard InChI is InChI=1S/C14H19N5O3S/c1-18-16-14(15-17-18)23(20,21)19(11-13-8-5-9-22-13)10-12-6-3-2-4-7-12/h2-4,6-7,13H,5,8-11H2,1H3. The zero-order chi connectivity index (χ0) is 16.3. The average Bonchev–Trinajstić information content (AvgIpc) is 3.19. The average molecular weight is 337 g/mol. The number of rotatable bonds is 6. The van der Waals surface area contributed by atoms with Crippen molar-refractivity contribution in [2.24, 2.45) is 7.05 Å². The Morgan fingerprint density at radius 1 is 1.35 bits per heavy atom. The van der Waals surface area contributed by atoms with Crippen molar-refractivity contribution in [3.05, 3.63) is 35.9 Å². The molecule has 0 bridgehead atoms. The molecule has 2 heterocycles. The van der Waals surface area contributed by atoms with Crippen molar-refractivity contribution in [2.75, 3.05) is 13.2 Å². The van der Waals surface area contributed by atoms with E-state index < -0.39 is 10.0 Å². The minimum atomic E-state index is -3.82. The molecular weight excluding hydrogens is 318 g/mol. The topological polar surface area (TPSA) is 90.2 Å². The van der Waals surface area contributed by atoms with Crippen LogP contribution in [-0.2, 0) is 28.4 Å². The Morgan fingerprint density at radius 2 is 2.13 bits per heavy atom. The maximum absolute atomic E-state index is 12.8. The van der Waals surface area contributed by atoms with E-state index in [0.29, 0.717) is 6.61 Å². The van der Waals surface area contributed by atoms with Crippen molar-refractivity contribution >= 4 is 10.0 Å². The summed E-state index contributed by atoms with van der Waals surface area (Å²) in [5, 5.41) is 10.8. The van der Waals surface area contributed by atoms with Crippen LogP contribution in [0.25, 0.3) is 0 Å². The fourth-order valence-corrected chi connectivity index (χ4v) is 3.81. The van der Waals surface area contributed by atoms with E-state index in [0.717, 1.165) is 23.2 Å². The first-order valence-corrected chi connectivity index (χ1v) is 8.89. The Hall–Kier alpha value is -1.84. The summed E-state index contributed by atoms with van der Waals surface area (Å²) >= 11 is 0. The highest BCUT2D eigenvalue weighted by atomic mass is 32.2. The molecule has 1 aromatic carbocycles. The number of hydrogen-bond acceptors (Lipinski definition) is 6. The molecule has 3 rings (SSSR count). The van der Waals surface area contributed by atoms with Crippen LogP contribution in [0, 0.1) is 0 Å². The van der Waals surface area contributed by atoms with E-state index in [2.05, 4.69) is 15.4 Å². The van der Waals surface area contributed by atoms with E-state index in [1.807, 2.05) is 30.3 Å². The summed E-state index contributed by atoms with van der Waals surface area (Å²) in [5.41, 5.74) is 0.901. The molecule has 0 N–H and O–H groups in total. The normalized spacial score (nSPS) is 18.6. The van der Waals surface area contributed by atoms with Gasteiger partial charge in [-0.05, 0) is 23.6 Å². The maximum atomic E-state index is 12.8. The summed E-state index contributed by atoms with van der Waals surface area (Å²) in [6.07, 6.45) is 1.72. The summed E-state index contributed by atoms with van der Waals surface area (Å²) in [4.78, 5) is 1.14. The van der Waals surface area contributed by atoms with Crippen LogP contribution in [0.15, 0.2) is 35.5 Å². The van der Waals surface area contributed by atoms with Crippen LogP contribution in [0.1, 0.15) is 18.4 Å². The van der Waals surface area contributed by atoms with E-state index in [4.69, 9.17) is 4.74 Å². The fourth-order valence-electron chi connectivity index (χ4n) is 2.54. The highest BCUT2D eigenvalue weighted by molar-refractivity contribution is 7.88. The van der Waals surface area contributed by atoms with Gasteiger partial charge in [-0.1, -0.05) is 35.4 Å². The third-order valence-electron chi connectivity index (χ3n) is 3.69. The fraction of sp³-hybridized carbons (Fsp3) is 0.500. The molecule has 1 atom stereocenters. The number of benzene rings is 1. The first-order chi connectivity index (χ1) is 11.1. The molecule has 1 aliphatic rings. The Labute approximate surface area is 135 Å². The second-order valence-corrected chi connectivity index (χ2v) is 7.31. The minimum Gasteiger partial charge on any atom is -0.377 e. The van der Waals surface area contributed by atoms with Gasteiger partial charge in [0.25, 0.3) is 10.0 Å². The van der Waals surface area contributed by atoms with Crippen molar-refractivity contribution < 1.29 is 13.2 Å². The molecule has 1 aromatic heterocycles. The largest absolute Gasteiger partial charge is 0.377 e. The molecule has 0 radical (unpaired) electrons. The summed E-state index contributed by atoms with van der Waals surface area (Å²) in [5.74, 6) is 0. The molecule has 1 fully saturated rings. The first kappa shape index (κ1) is 16.0. The Morgan fingerprint density at radius 3 is 2.74 bits per heavy atom. The Kier molecular flexibility index (Phi) is 4.69. The van der Waals surface area contributed by atoms with Crippen LogP contribution in [0.3, 0.4) is 0 Å². The summed E-state index contributed by atoms with van der Waals surface area (Å²) in [6.45, 7) is 1.21. The van der Waals surface area contributed by atoms with Crippen LogP contribution in [0.5, 0.6) is 0 Å². The molecule has 0 spiro atoms. The van der Waals surface area contributed by atoms with Crippen molar-refractivity contribution in [2.45, 2.75) is 30.6 Å².